The predicted octanol–water partition coefficient (Wildman–Crippen LogP) is 7.83. The van der Waals surface area contributed by atoms with Crippen LogP contribution in [0, 0.1) is 40.9 Å². The van der Waals surface area contributed by atoms with Crippen molar-refractivity contribution in [2.45, 2.75) is 71.9 Å². The molecule has 0 bridgehead atoms. The third-order valence-electron chi connectivity index (χ3n) is 10.1. The Morgan fingerprint density at radius 1 is 1.14 bits per heavy atom. The number of carboxylic acids is 1. The molecule has 0 spiro atoms. The minimum absolute atomic E-state index is 0.00173. The van der Waals surface area contributed by atoms with Gasteiger partial charge in [0, 0.05) is 23.2 Å². The van der Waals surface area contributed by atoms with Gasteiger partial charge in [0.25, 0.3) is 0 Å². The van der Waals surface area contributed by atoms with E-state index in [-0.39, 0.29) is 58.7 Å². The van der Waals surface area contributed by atoms with Crippen molar-refractivity contribution < 1.29 is 32.7 Å². The fourth-order valence-corrected chi connectivity index (χ4v) is 7.51. The van der Waals surface area contributed by atoms with E-state index in [9.17, 15) is 32.7 Å². The van der Waals surface area contributed by atoms with Gasteiger partial charge >= 0.3 is 12.1 Å². The first kappa shape index (κ1) is 32.2. The standard InChI is InChI=1S/C33H39ClF3NO4/c1-17-10-21(6-8-24(17)31(41)42)23-14-26(33(35,36)37)25(16-38-15-23)30(40)22(7-9-29(39)18(2)19(3)34)11-20-12-27-28(13-20)32(27,4)5/h7,14,16-17,20-21,24,27-28H,2-3,6,8-13,15H2,1,4-5H3,(H,41,42)/b22-7-/t17-,20?,21+,24+,27-,28?/m1/s1. The number of fused-ring (bicyclic) bond motifs is 1. The van der Waals surface area contributed by atoms with Gasteiger partial charge in [-0.25, -0.2) is 0 Å². The number of rotatable bonds is 10. The Kier molecular flexibility index (Phi) is 9.27. The first-order valence-corrected chi connectivity index (χ1v) is 14.9. The maximum absolute atomic E-state index is 14.5. The summed E-state index contributed by atoms with van der Waals surface area (Å²) in [4.78, 5) is 42.3. The van der Waals surface area contributed by atoms with E-state index in [1.807, 2.05) is 6.92 Å². The largest absolute Gasteiger partial charge is 0.481 e. The fraction of sp³-hybridized carbons (Fsp3) is 0.576. The van der Waals surface area contributed by atoms with E-state index in [0.717, 1.165) is 25.1 Å². The highest BCUT2D eigenvalue weighted by Crippen LogP contribution is 2.68. The van der Waals surface area contributed by atoms with Crippen molar-refractivity contribution in [3.63, 3.8) is 0 Å². The zero-order valence-corrected chi connectivity index (χ0v) is 25.2. The molecule has 1 heterocycles. The van der Waals surface area contributed by atoms with Crippen LogP contribution in [0.25, 0.3) is 0 Å². The van der Waals surface area contributed by atoms with Crippen molar-refractivity contribution in [2.75, 3.05) is 6.54 Å². The highest BCUT2D eigenvalue weighted by Gasteiger charge is 2.61. The molecule has 3 fully saturated rings. The summed E-state index contributed by atoms with van der Waals surface area (Å²) in [6.07, 6.45) is 1.76. The first-order valence-electron chi connectivity index (χ1n) is 14.6. The normalized spacial score (nSPS) is 30.7. The molecular formula is C33H39ClF3NO4. The van der Waals surface area contributed by atoms with Gasteiger partial charge in [0.2, 0.25) is 0 Å². The van der Waals surface area contributed by atoms with Crippen molar-refractivity contribution in [3.8, 4) is 0 Å². The highest BCUT2D eigenvalue weighted by atomic mass is 35.5. The molecule has 3 aliphatic carbocycles. The van der Waals surface area contributed by atoms with Gasteiger partial charge in [0.1, 0.15) is 0 Å². The summed E-state index contributed by atoms with van der Waals surface area (Å²) < 4.78 is 43.6. The Hall–Kier alpha value is -2.74. The second kappa shape index (κ2) is 12.1. The van der Waals surface area contributed by atoms with Gasteiger partial charge in [0.15, 0.2) is 11.6 Å². The first-order chi connectivity index (χ1) is 19.5. The van der Waals surface area contributed by atoms with Crippen molar-refractivity contribution in [1.29, 1.82) is 0 Å². The fourth-order valence-electron chi connectivity index (χ4n) is 7.40. The Labute approximate surface area is 250 Å². The van der Waals surface area contributed by atoms with Crippen LogP contribution in [-0.4, -0.2) is 41.6 Å². The molecule has 4 rings (SSSR count). The Morgan fingerprint density at radius 3 is 2.33 bits per heavy atom. The average molecular weight is 606 g/mol. The predicted molar refractivity (Wildman–Crippen MR) is 157 cm³/mol. The number of carbonyl (C=O) groups excluding carboxylic acids is 2. The molecule has 0 aromatic heterocycles. The van der Waals surface area contributed by atoms with Crippen LogP contribution in [-0.2, 0) is 14.4 Å². The molecule has 42 heavy (non-hydrogen) atoms. The molecule has 3 saturated carbocycles. The third-order valence-corrected chi connectivity index (χ3v) is 10.4. The van der Waals surface area contributed by atoms with E-state index in [2.05, 4.69) is 32.0 Å². The zero-order chi connectivity index (χ0) is 31.1. The Morgan fingerprint density at radius 2 is 1.79 bits per heavy atom. The van der Waals surface area contributed by atoms with Crippen LogP contribution in [0.5, 0.6) is 0 Å². The maximum atomic E-state index is 14.5. The molecule has 0 aromatic rings. The molecule has 1 N–H and O–H groups in total. The topological polar surface area (TPSA) is 83.8 Å². The maximum Gasteiger partial charge on any atom is 0.417 e. The summed E-state index contributed by atoms with van der Waals surface area (Å²) >= 11 is 5.82. The summed E-state index contributed by atoms with van der Waals surface area (Å²) in [6, 6.07) is 0. The number of hydrogen-bond acceptors (Lipinski definition) is 4. The molecule has 1 aliphatic heterocycles. The van der Waals surface area contributed by atoms with Gasteiger partial charge in [-0.3, -0.25) is 19.4 Å². The second-order valence-electron chi connectivity index (χ2n) is 13.1. The van der Waals surface area contributed by atoms with E-state index < -0.39 is 40.8 Å². The number of halogens is 4. The Balaban J connectivity index is 1.65. The summed E-state index contributed by atoms with van der Waals surface area (Å²) in [5, 5.41) is 9.43. The van der Waals surface area contributed by atoms with Gasteiger partial charge in [-0.2, -0.15) is 13.2 Å². The van der Waals surface area contributed by atoms with Crippen LogP contribution in [0.15, 0.2) is 63.2 Å². The summed E-state index contributed by atoms with van der Waals surface area (Å²) in [7, 11) is 0. The van der Waals surface area contributed by atoms with Crippen LogP contribution >= 0.6 is 11.6 Å². The van der Waals surface area contributed by atoms with E-state index in [1.165, 1.54) is 6.08 Å². The van der Waals surface area contributed by atoms with E-state index in [4.69, 9.17) is 11.6 Å². The van der Waals surface area contributed by atoms with Crippen LogP contribution in [0.4, 0.5) is 13.2 Å². The van der Waals surface area contributed by atoms with Crippen molar-refractivity contribution in [2.24, 2.45) is 45.9 Å². The second-order valence-corrected chi connectivity index (χ2v) is 13.5. The van der Waals surface area contributed by atoms with E-state index >= 15 is 0 Å². The monoisotopic (exact) mass is 605 g/mol. The van der Waals surface area contributed by atoms with Gasteiger partial charge in [-0.15, -0.1) is 0 Å². The lowest BCUT2D eigenvalue weighted by atomic mass is 9.72. The minimum Gasteiger partial charge on any atom is -0.481 e. The molecule has 228 valence electrons. The molecule has 0 aromatic carbocycles. The van der Waals surface area contributed by atoms with Gasteiger partial charge in [0.05, 0.1) is 23.6 Å². The van der Waals surface area contributed by atoms with Crippen molar-refractivity contribution in [1.82, 2.24) is 0 Å². The van der Waals surface area contributed by atoms with Crippen molar-refractivity contribution >= 4 is 35.4 Å². The number of ketones is 2. The van der Waals surface area contributed by atoms with Crippen LogP contribution in [0.3, 0.4) is 0 Å². The number of allylic oxidation sites excluding steroid dienone is 7. The number of carbonyl (C=O) groups is 3. The lowest BCUT2D eigenvalue weighted by Gasteiger charge is -2.33. The van der Waals surface area contributed by atoms with E-state index in [1.54, 1.807) is 0 Å². The summed E-state index contributed by atoms with van der Waals surface area (Å²) in [5.41, 5.74) is -0.727. The van der Waals surface area contributed by atoms with Gasteiger partial charge in [-0.1, -0.05) is 51.6 Å². The van der Waals surface area contributed by atoms with Crippen LogP contribution < -0.4 is 0 Å². The summed E-state index contributed by atoms with van der Waals surface area (Å²) in [5.74, 6) is -1.89. The summed E-state index contributed by atoms with van der Waals surface area (Å²) in [6.45, 7) is 13.4. The molecule has 4 aliphatic rings. The number of Topliss-reactive ketones (excluding diaryl/α,β-unsaturated/α-hetero) is 2. The lowest BCUT2D eigenvalue weighted by molar-refractivity contribution is -0.145. The zero-order valence-electron chi connectivity index (χ0n) is 24.4. The average Bonchev–Trinajstić information content (AvgIpc) is 3.21. The molecule has 0 saturated heterocycles. The van der Waals surface area contributed by atoms with Crippen LogP contribution in [0.1, 0.15) is 65.7 Å². The van der Waals surface area contributed by atoms with Gasteiger partial charge < -0.3 is 5.11 Å². The lowest BCUT2D eigenvalue weighted by Crippen LogP contribution is -2.30. The van der Waals surface area contributed by atoms with Crippen molar-refractivity contribution in [3.05, 3.63) is 58.2 Å². The third kappa shape index (κ3) is 6.74. The Bertz CT molecular complexity index is 1300. The number of carboxylic acid groups (broad SMARTS) is 1. The molecule has 5 nitrogen and oxygen atoms in total. The SMILES string of the molecule is C=C(Cl)C(=C)C(=O)C/C=C(/CC1CC2[C@@H](C1)C2(C)C)C(=O)C1=C(C(F)(F)F)C=C([C@H]2CC[C@H](C(=O)O)[C@H](C)C2)CN=C1. The molecule has 0 amide bonds. The molecule has 0 radical (unpaired) electrons. The number of alkyl halides is 3. The van der Waals surface area contributed by atoms with Crippen LogP contribution in [0.2, 0.25) is 0 Å². The molecule has 2 unspecified atom stereocenters. The number of nitrogens with zero attached hydrogens (tertiary/aromatic N) is 1. The molecular weight excluding hydrogens is 567 g/mol. The molecule has 6 atom stereocenters. The number of aliphatic carboxylic acids is 1. The van der Waals surface area contributed by atoms with Gasteiger partial charge in [-0.05, 0) is 90.8 Å². The van der Waals surface area contributed by atoms with E-state index in [0.29, 0.717) is 36.7 Å². The number of hydrogen-bond donors (Lipinski definition) is 1. The minimum atomic E-state index is -4.82. The smallest absolute Gasteiger partial charge is 0.417 e. The molecule has 9 heteroatoms. The number of aliphatic imine (C=N–C) groups is 1. The highest BCUT2D eigenvalue weighted by molar-refractivity contribution is 6.35. The quantitative estimate of drug-likeness (QED) is 0.203.